The van der Waals surface area contributed by atoms with Crippen LogP contribution in [0.4, 0.5) is 0 Å². The molecule has 4 heteroatoms. The number of ether oxygens (including phenoxy) is 1. The third-order valence-electron chi connectivity index (χ3n) is 9.27. The summed E-state index contributed by atoms with van der Waals surface area (Å²) in [6.45, 7) is 6.70. The molecule has 1 aromatic rings. The molecule has 166 valence electrons. The van der Waals surface area contributed by atoms with Crippen LogP contribution < -0.4 is 5.73 Å². The number of allylic oxidation sites excluding steroid dienone is 3. The lowest BCUT2D eigenvalue weighted by Crippen LogP contribution is -2.50. The molecule has 5 rings (SSSR count). The van der Waals surface area contributed by atoms with E-state index in [2.05, 4.69) is 43.1 Å². The lowest BCUT2D eigenvalue weighted by Gasteiger charge is -2.57. The highest BCUT2D eigenvalue weighted by Gasteiger charge is 2.57. The van der Waals surface area contributed by atoms with Gasteiger partial charge in [-0.05, 0) is 91.2 Å². The molecule has 0 amide bonds. The second-order valence-corrected chi connectivity index (χ2v) is 10.9. The normalized spacial score (nSPS) is 40.0. The van der Waals surface area contributed by atoms with Crippen LogP contribution in [0.1, 0.15) is 71.3 Å². The van der Waals surface area contributed by atoms with Gasteiger partial charge in [0.15, 0.2) is 0 Å². The van der Waals surface area contributed by atoms with Crippen LogP contribution in [0.25, 0.3) is 5.57 Å². The van der Waals surface area contributed by atoms with Crippen LogP contribution in [0.15, 0.2) is 42.3 Å². The number of nitrogens with zero attached hydrogens (tertiary/aromatic N) is 1. The number of fused-ring (bicyclic) bond motifs is 5. The van der Waals surface area contributed by atoms with Crippen LogP contribution in [-0.4, -0.2) is 23.1 Å². The van der Waals surface area contributed by atoms with Gasteiger partial charge in [0.05, 0.1) is 0 Å². The van der Waals surface area contributed by atoms with Crippen LogP contribution in [0.3, 0.4) is 0 Å². The molecule has 2 saturated carbocycles. The van der Waals surface area contributed by atoms with Gasteiger partial charge in [-0.1, -0.05) is 37.6 Å². The van der Waals surface area contributed by atoms with Crippen molar-refractivity contribution >= 4 is 11.5 Å². The summed E-state index contributed by atoms with van der Waals surface area (Å²) in [5.74, 6) is 1.92. The van der Waals surface area contributed by atoms with E-state index in [4.69, 9.17) is 10.5 Å². The minimum atomic E-state index is -0.544. The predicted molar refractivity (Wildman–Crippen MR) is 123 cm³/mol. The summed E-state index contributed by atoms with van der Waals surface area (Å²) >= 11 is 0. The number of carbonyl (C=O) groups is 1. The van der Waals surface area contributed by atoms with Crippen LogP contribution in [0.2, 0.25) is 0 Å². The van der Waals surface area contributed by atoms with Gasteiger partial charge in [0.25, 0.3) is 0 Å². The van der Waals surface area contributed by atoms with Gasteiger partial charge in [-0.25, -0.2) is 0 Å². The largest absolute Gasteiger partial charge is 0.461 e. The number of carbonyl (C=O) groups excluding carboxylic acids is 1. The molecule has 0 radical (unpaired) electrons. The van der Waals surface area contributed by atoms with Crippen LogP contribution in [0.5, 0.6) is 0 Å². The van der Waals surface area contributed by atoms with E-state index in [0.717, 1.165) is 37.5 Å². The summed E-state index contributed by atoms with van der Waals surface area (Å²) < 4.78 is 5.71. The van der Waals surface area contributed by atoms with Crippen LogP contribution >= 0.6 is 0 Å². The summed E-state index contributed by atoms with van der Waals surface area (Å²) in [6.07, 6.45) is 16.8. The Morgan fingerprint density at radius 2 is 1.97 bits per heavy atom. The summed E-state index contributed by atoms with van der Waals surface area (Å²) in [7, 11) is 0. The number of pyridine rings is 1. The molecule has 31 heavy (non-hydrogen) atoms. The van der Waals surface area contributed by atoms with Crippen molar-refractivity contribution in [2.45, 2.75) is 77.9 Å². The number of aromatic nitrogens is 1. The Labute approximate surface area is 186 Å². The molecule has 1 heterocycles. The molecule has 0 bridgehead atoms. The van der Waals surface area contributed by atoms with Gasteiger partial charge in [0.2, 0.25) is 0 Å². The topological polar surface area (TPSA) is 65.2 Å². The Hall–Kier alpha value is -1.94. The minimum Gasteiger partial charge on any atom is -0.461 e. The molecule has 0 unspecified atom stereocenters. The molecule has 0 aliphatic heterocycles. The number of esters is 1. The zero-order valence-electron chi connectivity index (χ0n) is 19.1. The van der Waals surface area contributed by atoms with Crippen LogP contribution in [0, 0.1) is 28.6 Å². The van der Waals surface area contributed by atoms with E-state index in [-0.39, 0.29) is 22.9 Å². The highest BCUT2D eigenvalue weighted by atomic mass is 16.5. The lowest BCUT2D eigenvalue weighted by atomic mass is 9.47. The van der Waals surface area contributed by atoms with Crippen molar-refractivity contribution in [3.63, 3.8) is 0 Å². The number of nitrogens with two attached hydrogens (primary N) is 1. The van der Waals surface area contributed by atoms with Crippen molar-refractivity contribution in [2.75, 3.05) is 0 Å². The van der Waals surface area contributed by atoms with Crippen molar-refractivity contribution in [1.82, 2.24) is 4.98 Å². The van der Waals surface area contributed by atoms with Crippen molar-refractivity contribution in [3.05, 3.63) is 47.8 Å². The van der Waals surface area contributed by atoms with Gasteiger partial charge < -0.3 is 10.5 Å². The number of hydrogen-bond acceptors (Lipinski definition) is 4. The van der Waals surface area contributed by atoms with Gasteiger partial charge in [-0.3, -0.25) is 9.78 Å². The molecular weight excluding hydrogens is 384 g/mol. The number of hydrogen-bond donors (Lipinski definition) is 1. The SMILES string of the molecule is C[C@@H](N)C(=O)O[C@H]1CC[C@@]2(C)C(=CC[C@@H]3[C@@H]2CC[C@]2(C)C(c4cccnc4)=CC[C@@H]32)C1. The second-order valence-electron chi connectivity index (χ2n) is 10.9. The number of rotatable bonds is 3. The lowest BCUT2D eigenvalue weighted by molar-refractivity contribution is -0.152. The Balaban J connectivity index is 1.37. The van der Waals surface area contributed by atoms with Gasteiger partial charge in [0.1, 0.15) is 12.1 Å². The molecule has 4 nitrogen and oxygen atoms in total. The fraction of sp³-hybridized carbons (Fsp3) is 0.630. The maximum Gasteiger partial charge on any atom is 0.322 e. The first-order valence-electron chi connectivity index (χ1n) is 12.1. The molecule has 4 aliphatic carbocycles. The monoisotopic (exact) mass is 420 g/mol. The predicted octanol–water partition coefficient (Wildman–Crippen LogP) is 5.30. The zero-order chi connectivity index (χ0) is 21.8. The van der Waals surface area contributed by atoms with Crippen molar-refractivity contribution in [1.29, 1.82) is 0 Å². The molecule has 2 N–H and O–H groups in total. The molecule has 0 spiro atoms. The van der Waals surface area contributed by atoms with Crippen LogP contribution in [-0.2, 0) is 9.53 Å². The molecule has 0 saturated heterocycles. The van der Waals surface area contributed by atoms with E-state index < -0.39 is 6.04 Å². The molecular formula is C27H36N2O2. The standard InChI is InChI=1S/C27H36N2O2/c1-17(28)25(30)31-20-10-12-26(2)19(15-20)6-7-21-23-9-8-22(18-5-4-14-29-16-18)27(23,3)13-11-24(21)26/h4-6,8,14,16-17,20-21,23-24H,7,9-13,15,28H2,1-3H3/t17-,20+,21+,23+,24+,26+,27-/m1/s1. The maximum absolute atomic E-state index is 12.0. The molecule has 4 aliphatic rings. The van der Waals surface area contributed by atoms with E-state index in [1.807, 2.05) is 12.4 Å². The van der Waals surface area contributed by atoms with E-state index >= 15 is 0 Å². The third kappa shape index (κ3) is 3.29. The molecule has 1 aromatic heterocycles. The minimum absolute atomic E-state index is 0.00596. The first-order chi connectivity index (χ1) is 14.8. The Bertz CT molecular complexity index is 920. The summed E-state index contributed by atoms with van der Waals surface area (Å²) in [4.78, 5) is 16.4. The van der Waals surface area contributed by atoms with Crippen molar-refractivity contribution in [3.8, 4) is 0 Å². The fourth-order valence-corrected chi connectivity index (χ4v) is 7.54. The first kappa shape index (κ1) is 20.9. The highest BCUT2D eigenvalue weighted by Crippen LogP contribution is 2.66. The van der Waals surface area contributed by atoms with E-state index in [0.29, 0.717) is 5.92 Å². The van der Waals surface area contributed by atoms with Gasteiger partial charge in [0, 0.05) is 18.8 Å². The Morgan fingerprint density at radius 1 is 1.16 bits per heavy atom. The second kappa shape index (κ2) is 7.58. The first-order valence-corrected chi connectivity index (χ1v) is 12.1. The molecule has 2 fully saturated rings. The highest BCUT2D eigenvalue weighted by molar-refractivity contribution is 5.75. The summed E-state index contributed by atoms with van der Waals surface area (Å²) in [5.41, 5.74) is 10.6. The zero-order valence-corrected chi connectivity index (χ0v) is 19.1. The fourth-order valence-electron chi connectivity index (χ4n) is 7.54. The Morgan fingerprint density at radius 3 is 2.71 bits per heavy atom. The summed E-state index contributed by atoms with van der Waals surface area (Å²) in [5, 5.41) is 0. The molecule has 7 atom stereocenters. The Kier molecular flexibility index (Phi) is 5.12. The van der Waals surface area contributed by atoms with Gasteiger partial charge >= 0.3 is 5.97 Å². The van der Waals surface area contributed by atoms with E-state index in [1.54, 1.807) is 6.92 Å². The smallest absolute Gasteiger partial charge is 0.322 e. The van der Waals surface area contributed by atoms with E-state index in [1.165, 1.54) is 36.0 Å². The average Bonchev–Trinajstić information content (AvgIpc) is 3.11. The quantitative estimate of drug-likeness (QED) is 0.532. The average molecular weight is 421 g/mol. The van der Waals surface area contributed by atoms with Crippen molar-refractivity contribution in [2.24, 2.45) is 34.3 Å². The van der Waals surface area contributed by atoms with Gasteiger partial charge in [-0.15, -0.1) is 0 Å². The maximum atomic E-state index is 12.0. The third-order valence-corrected chi connectivity index (χ3v) is 9.27. The molecule has 0 aromatic carbocycles. The van der Waals surface area contributed by atoms with Crippen molar-refractivity contribution < 1.29 is 9.53 Å². The van der Waals surface area contributed by atoms with E-state index in [9.17, 15) is 4.79 Å². The van der Waals surface area contributed by atoms with Gasteiger partial charge in [-0.2, -0.15) is 0 Å². The summed E-state index contributed by atoms with van der Waals surface area (Å²) in [6, 6.07) is 3.74.